The first-order valence-corrected chi connectivity index (χ1v) is 28.2. The number of hydrogen-bond acceptors (Lipinski definition) is 6. The minimum atomic E-state index is -0.768. The van der Waals surface area contributed by atoms with Crippen molar-refractivity contribution in [3.05, 3.63) is 12.2 Å². The topological polar surface area (TPSA) is 78.9 Å². The van der Waals surface area contributed by atoms with Gasteiger partial charge in [0.25, 0.3) is 0 Å². The third kappa shape index (κ3) is 51.0. The second-order valence-electron chi connectivity index (χ2n) is 19.2. The summed E-state index contributed by atoms with van der Waals surface area (Å²) in [7, 11) is 0. The van der Waals surface area contributed by atoms with E-state index >= 15 is 0 Å². The second kappa shape index (κ2) is 52.8. The van der Waals surface area contributed by atoms with Crippen molar-refractivity contribution in [1.82, 2.24) is 0 Å². The molecular weight excluding hydrogens is 781 g/mol. The normalized spacial score (nSPS) is 12.0. The van der Waals surface area contributed by atoms with Crippen molar-refractivity contribution in [3.8, 4) is 0 Å². The van der Waals surface area contributed by atoms with Crippen LogP contribution in [0.25, 0.3) is 0 Å². The van der Waals surface area contributed by atoms with Gasteiger partial charge in [-0.2, -0.15) is 0 Å². The summed E-state index contributed by atoms with van der Waals surface area (Å²) >= 11 is 0. The van der Waals surface area contributed by atoms with Crippen LogP contribution in [0, 0.1) is 0 Å². The predicted octanol–water partition coefficient (Wildman–Crippen LogP) is 18.5. The van der Waals surface area contributed by atoms with E-state index in [0.717, 1.165) is 64.2 Å². The van der Waals surface area contributed by atoms with E-state index in [1.807, 2.05) is 0 Å². The van der Waals surface area contributed by atoms with Gasteiger partial charge >= 0.3 is 17.9 Å². The SMILES string of the molecule is CCCCCCCCC/C=C\CCCCCCCC(=O)OC(COC(=O)CCCCCCCCCCCC)COC(=O)CCCCCCCCCCCCCCCCCCCCC. The Morgan fingerprint density at radius 1 is 0.302 bits per heavy atom. The van der Waals surface area contributed by atoms with Crippen LogP contribution in [0.2, 0.25) is 0 Å². The third-order valence-corrected chi connectivity index (χ3v) is 12.8. The van der Waals surface area contributed by atoms with Gasteiger partial charge in [0.15, 0.2) is 6.10 Å². The third-order valence-electron chi connectivity index (χ3n) is 12.8. The van der Waals surface area contributed by atoms with Crippen LogP contribution in [0.1, 0.15) is 316 Å². The number of rotatable bonds is 52. The Morgan fingerprint density at radius 3 is 0.794 bits per heavy atom. The Labute approximate surface area is 392 Å². The molecule has 0 aliphatic rings. The van der Waals surface area contributed by atoms with E-state index in [9.17, 15) is 14.4 Å². The monoisotopic (exact) mass is 889 g/mol. The molecule has 0 bridgehead atoms. The molecule has 1 atom stereocenters. The zero-order valence-electron chi connectivity index (χ0n) is 42.6. The van der Waals surface area contributed by atoms with Crippen molar-refractivity contribution in [2.75, 3.05) is 13.2 Å². The number of hydrogen-bond donors (Lipinski definition) is 0. The van der Waals surface area contributed by atoms with Gasteiger partial charge in [-0.3, -0.25) is 14.4 Å². The summed E-state index contributed by atoms with van der Waals surface area (Å²) in [6.45, 7) is 6.67. The van der Waals surface area contributed by atoms with E-state index in [2.05, 4.69) is 32.9 Å². The van der Waals surface area contributed by atoms with Crippen molar-refractivity contribution >= 4 is 17.9 Å². The molecule has 0 amide bonds. The maximum Gasteiger partial charge on any atom is 0.306 e. The molecule has 6 nitrogen and oxygen atoms in total. The molecule has 0 rings (SSSR count). The molecule has 0 aliphatic carbocycles. The van der Waals surface area contributed by atoms with Crippen LogP contribution >= 0.6 is 0 Å². The van der Waals surface area contributed by atoms with Gasteiger partial charge in [-0.25, -0.2) is 0 Å². The quantitative estimate of drug-likeness (QED) is 0.0262. The number of carbonyl (C=O) groups excluding carboxylic acids is 3. The lowest BCUT2D eigenvalue weighted by molar-refractivity contribution is -0.167. The molecule has 0 radical (unpaired) electrons. The van der Waals surface area contributed by atoms with E-state index in [4.69, 9.17) is 14.2 Å². The molecule has 372 valence electrons. The fourth-order valence-electron chi connectivity index (χ4n) is 8.50. The molecular formula is C57H108O6. The van der Waals surface area contributed by atoms with Crippen molar-refractivity contribution < 1.29 is 28.6 Å². The fourth-order valence-corrected chi connectivity index (χ4v) is 8.50. The summed E-state index contributed by atoms with van der Waals surface area (Å²) < 4.78 is 16.8. The van der Waals surface area contributed by atoms with Crippen molar-refractivity contribution in [2.24, 2.45) is 0 Å². The first-order valence-electron chi connectivity index (χ1n) is 28.2. The highest BCUT2D eigenvalue weighted by Crippen LogP contribution is 2.17. The first kappa shape index (κ1) is 61.1. The predicted molar refractivity (Wildman–Crippen MR) is 270 cm³/mol. The molecule has 0 heterocycles. The molecule has 1 unspecified atom stereocenters. The highest BCUT2D eigenvalue weighted by Gasteiger charge is 2.19. The molecule has 0 aromatic carbocycles. The summed E-state index contributed by atoms with van der Waals surface area (Å²) in [4.78, 5) is 38.0. The Hall–Kier alpha value is -1.85. The van der Waals surface area contributed by atoms with Crippen molar-refractivity contribution in [1.29, 1.82) is 0 Å². The molecule has 63 heavy (non-hydrogen) atoms. The lowest BCUT2D eigenvalue weighted by atomic mass is 10.0. The maximum absolute atomic E-state index is 12.8. The fraction of sp³-hybridized carbons (Fsp3) is 0.912. The van der Waals surface area contributed by atoms with E-state index in [1.54, 1.807) is 0 Å². The lowest BCUT2D eigenvalue weighted by Gasteiger charge is -2.18. The Morgan fingerprint density at radius 2 is 0.524 bits per heavy atom. The van der Waals surface area contributed by atoms with E-state index in [-0.39, 0.29) is 31.1 Å². The Balaban J connectivity index is 4.26. The number of ether oxygens (including phenoxy) is 3. The second-order valence-corrected chi connectivity index (χ2v) is 19.2. The molecule has 0 saturated carbocycles. The zero-order chi connectivity index (χ0) is 45.8. The highest BCUT2D eigenvalue weighted by atomic mass is 16.6. The molecule has 0 aromatic rings. The minimum Gasteiger partial charge on any atom is -0.462 e. The summed E-state index contributed by atoms with van der Waals surface area (Å²) in [5, 5.41) is 0. The van der Waals surface area contributed by atoms with Gasteiger partial charge in [0.2, 0.25) is 0 Å². The summed E-state index contributed by atoms with van der Waals surface area (Å²) in [5.41, 5.74) is 0. The van der Waals surface area contributed by atoms with Crippen molar-refractivity contribution in [3.63, 3.8) is 0 Å². The molecule has 0 aromatic heterocycles. The van der Waals surface area contributed by atoms with Gasteiger partial charge in [0.05, 0.1) is 0 Å². The molecule has 0 fully saturated rings. The van der Waals surface area contributed by atoms with Crippen LogP contribution in [0.15, 0.2) is 12.2 Å². The van der Waals surface area contributed by atoms with E-state index in [0.29, 0.717) is 19.3 Å². The highest BCUT2D eigenvalue weighted by molar-refractivity contribution is 5.71. The minimum absolute atomic E-state index is 0.0677. The van der Waals surface area contributed by atoms with Crippen LogP contribution in [0.5, 0.6) is 0 Å². The summed E-state index contributed by atoms with van der Waals surface area (Å²) in [6, 6.07) is 0. The Bertz CT molecular complexity index is 978. The van der Waals surface area contributed by atoms with Gasteiger partial charge in [-0.05, 0) is 44.9 Å². The van der Waals surface area contributed by atoms with Crippen molar-refractivity contribution in [2.45, 2.75) is 322 Å². The van der Waals surface area contributed by atoms with Crippen LogP contribution < -0.4 is 0 Å². The van der Waals surface area contributed by atoms with Gasteiger partial charge in [0.1, 0.15) is 13.2 Å². The van der Waals surface area contributed by atoms with Crippen LogP contribution in [0.3, 0.4) is 0 Å². The van der Waals surface area contributed by atoms with Gasteiger partial charge in [-0.1, -0.05) is 264 Å². The largest absolute Gasteiger partial charge is 0.462 e. The van der Waals surface area contributed by atoms with Gasteiger partial charge < -0.3 is 14.2 Å². The maximum atomic E-state index is 12.8. The molecule has 0 aliphatic heterocycles. The zero-order valence-corrected chi connectivity index (χ0v) is 42.6. The van der Waals surface area contributed by atoms with Crippen LogP contribution in [0.4, 0.5) is 0 Å². The number of unbranched alkanes of at least 4 members (excludes halogenated alkanes) is 39. The van der Waals surface area contributed by atoms with Crippen LogP contribution in [-0.4, -0.2) is 37.2 Å². The standard InChI is InChI=1S/C57H108O6/c1-4-7-10-13-16-19-22-24-26-28-29-30-32-33-35-38-41-44-47-50-56(59)62-53-54(52-61-55(58)49-46-43-40-37-21-18-15-12-9-6-3)63-57(60)51-48-45-42-39-36-34-31-27-25-23-20-17-14-11-8-5-2/h27,31,54H,4-26,28-30,32-53H2,1-3H3/b31-27-. The Kier molecular flexibility index (Phi) is 51.2. The molecule has 0 spiro atoms. The van der Waals surface area contributed by atoms with Gasteiger partial charge in [0, 0.05) is 19.3 Å². The first-order chi connectivity index (χ1) is 31.0. The van der Waals surface area contributed by atoms with E-state index in [1.165, 1.54) is 212 Å². The molecule has 0 saturated heterocycles. The smallest absolute Gasteiger partial charge is 0.306 e. The number of esters is 3. The van der Waals surface area contributed by atoms with Crippen LogP contribution in [-0.2, 0) is 28.6 Å². The van der Waals surface area contributed by atoms with E-state index < -0.39 is 6.10 Å². The summed E-state index contributed by atoms with van der Waals surface area (Å²) in [5.74, 6) is -0.857. The number of carbonyl (C=O) groups is 3. The number of allylic oxidation sites excluding steroid dienone is 2. The van der Waals surface area contributed by atoms with Gasteiger partial charge in [-0.15, -0.1) is 0 Å². The summed E-state index contributed by atoms with van der Waals surface area (Å²) in [6.07, 6.45) is 59.2. The molecule has 0 N–H and O–H groups in total. The average molecular weight is 889 g/mol. The lowest BCUT2D eigenvalue weighted by Crippen LogP contribution is -2.30. The average Bonchev–Trinajstić information content (AvgIpc) is 3.28. The molecule has 6 heteroatoms.